The maximum Gasteiger partial charge on any atom is 0.266 e. The Bertz CT molecular complexity index is 710. The monoisotopic (exact) mass is 309 g/mol. The number of anilines is 1. The van der Waals surface area contributed by atoms with Crippen molar-refractivity contribution >= 4 is 15.8 Å². The summed E-state index contributed by atoms with van der Waals surface area (Å²) in [6, 6.07) is 5.04. The van der Waals surface area contributed by atoms with Crippen molar-refractivity contribution in [1.82, 2.24) is 14.8 Å². The highest BCUT2D eigenvalue weighted by Gasteiger charge is 2.24. The number of nitrogens with one attached hydrogen (secondary N) is 1. The Morgan fingerprint density at radius 2 is 2.10 bits per heavy atom. The molecule has 0 bridgehead atoms. The smallest absolute Gasteiger partial charge is 0.266 e. The number of aryl methyl sites for hydroxylation is 2. The lowest BCUT2D eigenvalue weighted by Gasteiger charge is -2.08. The number of aromatic nitrogens is 3. The molecule has 2 aromatic heterocycles. The van der Waals surface area contributed by atoms with E-state index in [1.165, 1.54) is 6.20 Å². The lowest BCUT2D eigenvalue weighted by atomic mass is 10.4. The number of nitrogens with zero attached hydrogens (tertiary/aromatic N) is 3. The van der Waals surface area contributed by atoms with E-state index in [4.69, 9.17) is 5.73 Å². The maximum atomic E-state index is 12.5. The molecule has 7 nitrogen and oxygen atoms in total. The Labute approximate surface area is 124 Å². The molecule has 0 radical (unpaired) electrons. The van der Waals surface area contributed by atoms with Crippen molar-refractivity contribution in [3.63, 3.8) is 0 Å². The molecule has 3 N–H and O–H groups in total. The van der Waals surface area contributed by atoms with E-state index >= 15 is 0 Å². The van der Waals surface area contributed by atoms with Gasteiger partial charge < -0.3 is 5.73 Å². The molecule has 0 atom stereocenters. The van der Waals surface area contributed by atoms with E-state index < -0.39 is 10.0 Å². The van der Waals surface area contributed by atoms with Crippen LogP contribution in [0.4, 0.5) is 5.82 Å². The average molecular weight is 309 g/mol. The molecule has 0 amide bonds. The lowest BCUT2D eigenvalue weighted by molar-refractivity contribution is 0.565. The minimum Gasteiger partial charge on any atom is -0.330 e. The van der Waals surface area contributed by atoms with Crippen molar-refractivity contribution in [2.75, 3.05) is 11.3 Å². The number of rotatable bonds is 6. The second-order valence-electron chi connectivity index (χ2n) is 4.69. The molecule has 0 fully saturated rings. The second-order valence-corrected chi connectivity index (χ2v) is 6.31. The molecule has 0 aliphatic carbocycles. The van der Waals surface area contributed by atoms with Crippen LogP contribution in [0.15, 0.2) is 29.3 Å². The third kappa shape index (κ3) is 3.40. The van der Waals surface area contributed by atoms with Crippen molar-refractivity contribution in [2.24, 2.45) is 5.73 Å². The number of hydrogen-bond acceptors (Lipinski definition) is 5. The second kappa shape index (κ2) is 6.23. The van der Waals surface area contributed by atoms with Gasteiger partial charge in [0.1, 0.15) is 10.7 Å². The Balaban J connectivity index is 2.34. The standard InChI is InChI=1S/C13H19N5O2S/c1-10-13(11(2)18(16-10)9-5-7-14)21(19,20)17-12-6-3-4-8-15-12/h3-4,6,8H,5,7,9,14H2,1-2H3,(H,15,17). The van der Waals surface area contributed by atoms with Crippen LogP contribution < -0.4 is 10.5 Å². The summed E-state index contributed by atoms with van der Waals surface area (Å²) in [5.74, 6) is 0.283. The van der Waals surface area contributed by atoms with Gasteiger partial charge in [-0.1, -0.05) is 6.07 Å². The van der Waals surface area contributed by atoms with E-state index in [0.29, 0.717) is 24.5 Å². The summed E-state index contributed by atoms with van der Waals surface area (Å²) in [6.45, 7) is 4.55. The van der Waals surface area contributed by atoms with Crippen LogP contribution in [-0.4, -0.2) is 29.7 Å². The summed E-state index contributed by atoms with van der Waals surface area (Å²) in [4.78, 5) is 4.17. The highest BCUT2D eigenvalue weighted by molar-refractivity contribution is 7.92. The third-order valence-electron chi connectivity index (χ3n) is 3.06. The van der Waals surface area contributed by atoms with Crippen LogP contribution in [0.3, 0.4) is 0 Å². The van der Waals surface area contributed by atoms with E-state index in [2.05, 4.69) is 14.8 Å². The molecule has 0 saturated heterocycles. The van der Waals surface area contributed by atoms with E-state index in [1.807, 2.05) is 0 Å². The topological polar surface area (TPSA) is 103 Å². The van der Waals surface area contributed by atoms with Crippen LogP contribution >= 0.6 is 0 Å². The zero-order chi connectivity index (χ0) is 15.5. The molecule has 0 aliphatic heterocycles. The summed E-state index contributed by atoms with van der Waals surface area (Å²) in [5, 5.41) is 4.28. The molecule has 2 heterocycles. The zero-order valence-electron chi connectivity index (χ0n) is 12.1. The maximum absolute atomic E-state index is 12.5. The minimum absolute atomic E-state index is 0.199. The van der Waals surface area contributed by atoms with Gasteiger partial charge in [-0.25, -0.2) is 13.4 Å². The summed E-state index contributed by atoms with van der Waals surface area (Å²) < 4.78 is 29.1. The normalized spacial score (nSPS) is 11.6. The third-order valence-corrected chi connectivity index (χ3v) is 4.67. The van der Waals surface area contributed by atoms with E-state index in [9.17, 15) is 8.42 Å². The Hall–Kier alpha value is -1.93. The molecule has 8 heteroatoms. The molecule has 0 saturated carbocycles. The Morgan fingerprint density at radius 3 is 2.71 bits per heavy atom. The fraction of sp³-hybridized carbons (Fsp3) is 0.385. The number of hydrogen-bond donors (Lipinski definition) is 2. The van der Waals surface area contributed by atoms with Gasteiger partial charge in [0.15, 0.2) is 0 Å². The predicted molar refractivity (Wildman–Crippen MR) is 80.4 cm³/mol. The first-order valence-corrected chi connectivity index (χ1v) is 8.12. The van der Waals surface area contributed by atoms with Crippen LogP contribution in [-0.2, 0) is 16.6 Å². The highest BCUT2D eigenvalue weighted by atomic mass is 32.2. The molecule has 21 heavy (non-hydrogen) atoms. The number of nitrogens with two attached hydrogens (primary N) is 1. The fourth-order valence-corrected chi connectivity index (χ4v) is 3.56. The SMILES string of the molecule is Cc1nn(CCCN)c(C)c1S(=O)(=O)Nc1ccccn1. The largest absolute Gasteiger partial charge is 0.330 e. The first kappa shape index (κ1) is 15.5. The molecule has 0 spiro atoms. The van der Waals surface area contributed by atoms with Gasteiger partial charge in [-0.3, -0.25) is 9.40 Å². The predicted octanol–water partition coefficient (Wildman–Crippen LogP) is 1.04. The van der Waals surface area contributed by atoms with Crippen LogP contribution in [0.5, 0.6) is 0 Å². The minimum atomic E-state index is -3.71. The van der Waals surface area contributed by atoms with E-state index in [0.717, 1.165) is 6.42 Å². The zero-order valence-corrected chi connectivity index (χ0v) is 12.9. The van der Waals surface area contributed by atoms with Gasteiger partial charge in [-0.15, -0.1) is 0 Å². The molecule has 2 aromatic rings. The van der Waals surface area contributed by atoms with Crippen LogP contribution in [0.25, 0.3) is 0 Å². The molecule has 0 unspecified atom stereocenters. The molecular formula is C13H19N5O2S. The Kier molecular flexibility index (Phi) is 4.59. The highest BCUT2D eigenvalue weighted by Crippen LogP contribution is 2.22. The molecule has 2 rings (SSSR count). The number of sulfonamides is 1. The van der Waals surface area contributed by atoms with Crippen LogP contribution in [0.1, 0.15) is 17.8 Å². The molecule has 0 aromatic carbocycles. The van der Waals surface area contributed by atoms with Crippen LogP contribution in [0.2, 0.25) is 0 Å². The van der Waals surface area contributed by atoms with Crippen LogP contribution in [0, 0.1) is 13.8 Å². The molecule has 0 aliphatic rings. The molecular weight excluding hydrogens is 290 g/mol. The quantitative estimate of drug-likeness (QED) is 0.830. The summed E-state index contributed by atoms with van der Waals surface area (Å²) >= 11 is 0. The summed E-state index contributed by atoms with van der Waals surface area (Å²) in [6.07, 6.45) is 2.28. The van der Waals surface area contributed by atoms with Gasteiger partial charge >= 0.3 is 0 Å². The summed E-state index contributed by atoms with van der Waals surface area (Å²) in [5.41, 5.74) is 6.55. The fourth-order valence-electron chi connectivity index (χ4n) is 2.14. The van der Waals surface area contributed by atoms with E-state index in [1.54, 1.807) is 36.7 Å². The van der Waals surface area contributed by atoms with Crippen molar-refractivity contribution in [3.8, 4) is 0 Å². The number of pyridine rings is 1. The Morgan fingerprint density at radius 1 is 1.33 bits per heavy atom. The lowest BCUT2D eigenvalue weighted by Crippen LogP contribution is -2.16. The molecule has 114 valence electrons. The van der Waals surface area contributed by atoms with Gasteiger partial charge in [0, 0.05) is 12.7 Å². The van der Waals surface area contributed by atoms with Crippen molar-refractivity contribution in [3.05, 3.63) is 35.8 Å². The van der Waals surface area contributed by atoms with E-state index in [-0.39, 0.29) is 10.7 Å². The van der Waals surface area contributed by atoms with Crippen molar-refractivity contribution < 1.29 is 8.42 Å². The van der Waals surface area contributed by atoms with Gasteiger partial charge in [0.25, 0.3) is 10.0 Å². The summed E-state index contributed by atoms with van der Waals surface area (Å²) in [7, 11) is -3.71. The first-order valence-electron chi connectivity index (χ1n) is 6.63. The van der Waals surface area contributed by atoms with Crippen molar-refractivity contribution in [2.45, 2.75) is 31.7 Å². The van der Waals surface area contributed by atoms with Gasteiger partial charge in [0.05, 0.1) is 11.4 Å². The average Bonchev–Trinajstić information content (AvgIpc) is 2.72. The van der Waals surface area contributed by atoms with Gasteiger partial charge in [0.2, 0.25) is 0 Å². The van der Waals surface area contributed by atoms with Gasteiger partial charge in [-0.2, -0.15) is 5.10 Å². The van der Waals surface area contributed by atoms with Gasteiger partial charge in [-0.05, 0) is 38.9 Å². The first-order chi connectivity index (χ1) is 9.95. The van der Waals surface area contributed by atoms with Crippen molar-refractivity contribution in [1.29, 1.82) is 0 Å².